The summed E-state index contributed by atoms with van der Waals surface area (Å²) in [6.07, 6.45) is 5.50. The predicted octanol–water partition coefficient (Wildman–Crippen LogP) is 5.51. The SMILES string of the molecule is C[C@H](CN[C@H](C(=O)Nc1ccc(-n2cnc(C(C)(C)C)c2)cn1)c1ccccc1)c1ccc(C#N)cc1. The van der Waals surface area contributed by atoms with Gasteiger partial charge in [0.05, 0.1) is 35.5 Å². The van der Waals surface area contributed by atoms with Crippen molar-refractivity contribution in [3.05, 3.63) is 108 Å². The largest absolute Gasteiger partial charge is 0.309 e. The van der Waals surface area contributed by atoms with Crippen LogP contribution in [-0.4, -0.2) is 27.0 Å². The molecule has 0 fully saturated rings. The van der Waals surface area contributed by atoms with Gasteiger partial charge in [-0.15, -0.1) is 0 Å². The summed E-state index contributed by atoms with van der Waals surface area (Å²) in [6, 6.07) is 22.5. The summed E-state index contributed by atoms with van der Waals surface area (Å²) in [5.74, 6) is 0.446. The topological polar surface area (TPSA) is 95.6 Å². The molecule has 0 aliphatic heterocycles. The summed E-state index contributed by atoms with van der Waals surface area (Å²) in [5, 5.41) is 15.4. The van der Waals surface area contributed by atoms with Crippen molar-refractivity contribution in [3.8, 4) is 11.8 Å². The number of carbonyl (C=O) groups excluding carboxylic acids is 1. The Bertz CT molecular complexity index is 1360. The summed E-state index contributed by atoms with van der Waals surface area (Å²) in [6.45, 7) is 9.05. The molecule has 4 aromatic rings. The van der Waals surface area contributed by atoms with Crippen molar-refractivity contribution in [2.75, 3.05) is 11.9 Å². The lowest BCUT2D eigenvalue weighted by atomic mass is 9.93. The first-order chi connectivity index (χ1) is 17.7. The van der Waals surface area contributed by atoms with Crippen molar-refractivity contribution in [2.45, 2.75) is 45.1 Å². The Labute approximate surface area is 218 Å². The second-order valence-corrected chi connectivity index (χ2v) is 10.2. The van der Waals surface area contributed by atoms with Crippen LogP contribution in [0.5, 0.6) is 0 Å². The second-order valence-electron chi connectivity index (χ2n) is 10.2. The normalized spacial score (nSPS) is 12.9. The molecule has 7 nitrogen and oxygen atoms in total. The zero-order valence-corrected chi connectivity index (χ0v) is 21.6. The number of nitriles is 1. The fourth-order valence-electron chi connectivity index (χ4n) is 3.97. The van der Waals surface area contributed by atoms with Crippen LogP contribution in [0.3, 0.4) is 0 Å². The molecule has 1 amide bonds. The van der Waals surface area contributed by atoms with Crippen LogP contribution in [0.4, 0.5) is 5.82 Å². The van der Waals surface area contributed by atoms with Gasteiger partial charge in [-0.1, -0.05) is 70.2 Å². The minimum absolute atomic E-state index is 0.0381. The van der Waals surface area contributed by atoms with Crippen LogP contribution in [0, 0.1) is 11.3 Å². The Morgan fingerprint density at radius 2 is 1.73 bits per heavy atom. The molecular weight excluding hydrogens is 460 g/mol. The average molecular weight is 493 g/mol. The van der Waals surface area contributed by atoms with Gasteiger partial charge in [0.1, 0.15) is 11.9 Å². The third kappa shape index (κ3) is 6.49. The maximum absolute atomic E-state index is 13.3. The molecule has 2 aromatic carbocycles. The van der Waals surface area contributed by atoms with Crippen LogP contribution >= 0.6 is 0 Å². The number of carbonyl (C=O) groups is 1. The predicted molar refractivity (Wildman–Crippen MR) is 145 cm³/mol. The number of anilines is 1. The van der Waals surface area contributed by atoms with E-state index >= 15 is 0 Å². The van der Waals surface area contributed by atoms with Crippen molar-refractivity contribution < 1.29 is 4.79 Å². The fourth-order valence-corrected chi connectivity index (χ4v) is 3.97. The van der Waals surface area contributed by atoms with Gasteiger partial charge in [0.25, 0.3) is 0 Å². The number of aromatic nitrogens is 3. The van der Waals surface area contributed by atoms with Gasteiger partial charge >= 0.3 is 0 Å². The summed E-state index contributed by atoms with van der Waals surface area (Å²) < 4.78 is 1.93. The first-order valence-corrected chi connectivity index (χ1v) is 12.3. The average Bonchev–Trinajstić information content (AvgIpc) is 3.41. The number of hydrogen-bond acceptors (Lipinski definition) is 5. The molecule has 2 heterocycles. The molecule has 188 valence electrons. The standard InChI is InChI=1S/C30H32N6O/c1-21(23-12-10-22(16-31)11-13-23)17-33-28(24-8-6-5-7-9-24)29(37)35-27-15-14-25(18-32-27)36-19-26(34-20-36)30(2,3)4/h5-15,18-21,28,33H,17H2,1-4H3,(H,32,35,37)/t21-,28+/m1/s1. The van der Waals surface area contributed by atoms with Gasteiger partial charge in [-0.3, -0.25) is 4.79 Å². The number of hydrogen-bond donors (Lipinski definition) is 2. The summed E-state index contributed by atoms with van der Waals surface area (Å²) in [7, 11) is 0. The molecule has 0 radical (unpaired) electrons. The van der Waals surface area contributed by atoms with E-state index in [2.05, 4.69) is 54.4 Å². The smallest absolute Gasteiger partial charge is 0.247 e. The number of amides is 1. The Morgan fingerprint density at radius 3 is 2.32 bits per heavy atom. The minimum Gasteiger partial charge on any atom is -0.309 e. The van der Waals surface area contributed by atoms with Crippen LogP contribution in [0.2, 0.25) is 0 Å². The van der Waals surface area contributed by atoms with E-state index in [0.717, 1.165) is 22.5 Å². The fraction of sp³-hybridized carbons (Fsp3) is 0.267. The lowest BCUT2D eigenvalue weighted by Gasteiger charge is -2.21. The summed E-state index contributed by atoms with van der Waals surface area (Å²) in [5.41, 5.74) is 4.43. The number of benzene rings is 2. The molecular formula is C30H32N6O. The lowest BCUT2D eigenvalue weighted by molar-refractivity contribution is -0.118. The zero-order valence-electron chi connectivity index (χ0n) is 21.6. The highest BCUT2D eigenvalue weighted by molar-refractivity contribution is 5.94. The third-order valence-electron chi connectivity index (χ3n) is 6.28. The monoisotopic (exact) mass is 492 g/mol. The maximum Gasteiger partial charge on any atom is 0.247 e. The molecule has 2 N–H and O–H groups in total. The highest BCUT2D eigenvalue weighted by Crippen LogP contribution is 2.22. The highest BCUT2D eigenvalue weighted by Gasteiger charge is 2.22. The Hall–Kier alpha value is -4.28. The Balaban J connectivity index is 1.45. The van der Waals surface area contributed by atoms with Crippen LogP contribution in [-0.2, 0) is 10.2 Å². The minimum atomic E-state index is -0.550. The molecule has 0 aliphatic carbocycles. The molecule has 2 aromatic heterocycles. The maximum atomic E-state index is 13.3. The van der Waals surface area contributed by atoms with Crippen molar-refractivity contribution in [3.63, 3.8) is 0 Å². The first-order valence-electron chi connectivity index (χ1n) is 12.3. The van der Waals surface area contributed by atoms with Crippen molar-refractivity contribution in [1.82, 2.24) is 19.9 Å². The Kier molecular flexibility index (Phi) is 7.80. The van der Waals surface area contributed by atoms with Gasteiger partial charge in [0.2, 0.25) is 5.91 Å². The van der Waals surface area contributed by atoms with E-state index in [1.807, 2.05) is 71.4 Å². The number of nitrogens with zero attached hydrogens (tertiary/aromatic N) is 4. The van der Waals surface area contributed by atoms with E-state index in [4.69, 9.17) is 5.26 Å². The number of pyridine rings is 1. The van der Waals surface area contributed by atoms with E-state index in [1.165, 1.54) is 0 Å². The number of rotatable bonds is 8. The van der Waals surface area contributed by atoms with Crippen molar-refractivity contribution in [1.29, 1.82) is 5.26 Å². The van der Waals surface area contributed by atoms with Crippen LogP contribution in [0.25, 0.3) is 5.69 Å². The zero-order chi connectivity index (χ0) is 26.4. The van der Waals surface area contributed by atoms with Crippen LogP contribution in [0.1, 0.15) is 62.0 Å². The summed E-state index contributed by atoms with van der Waals surface area (Å²) in [4.78, 5) is 22.3. The molecule has 0 saturated carbocycles. The van der Waals surface area contributed by atoms with E-state index in [0.29, 0.717) is 17.9 Å². The van der Waals surface area contributed by atoms with Crippen LogP contribution in [0.15, 0.2) is 85.5 Å². The number of imidazole rings is 1. The van der Waals surface area contributed by atoms with Crippen LogP contribution < -0.4 is 10.6 Å². The van der Waals surface area contributed by atoms with Gasteiger partial charge in [-0.25, -0.2) is 9.97 Å². The Morgan fingerprint density at radius 1 is 1.00 bits per heavy atom. The second kappa shape index (κ2) is 11.2. The van der Waals surface area contributed by atoms with E-state index in [-0.39, 0.29) is 17.2 Å². The van der Waals surface area contributed by atoms with Gasteiger partial charge in [-0.2, -0.15) is 5.26 Å². The third-order valence-corrected chi connectivity index (χ3v) is 6.28. The van der Waals surface area contributed by atoms with Gasteiger partial charge in [0, 0.05) is 18.2 Å². The summed E-state index contributed by atoms with van der Waals surface area (Å²) >= 11 is 0. The lowest BCUT2D eigenvalue weighted by Crippen LogP contribution is -2.35. The molecule has 0 bridgehead atoms. The first kappa shape index (κ1) is 25.8. The molecule has 0 saturated heterocycles. The molecule has 4 rings (SSSR count). The molecule has 0 aliphatic rings. The van der Waals surface area contributed by atoms with Gasteiger partial charge in [0.15, 0.2) is 0 Å². The van der Waals surface area contributed by atoms with Gasteiger partial charge in [-0.05, 0) is 41.3 Å². The molecule has 7 heteroatoms. The quantitative estimate of drug-likeness (QED) is 0.338. The number of nitrogens with one attached hydrogen (secondary N) is 2. The molecule has 0 spiro atoms. The molecule has 37 heavy (non-hydrogen) atoms. The van der Waals surface area contributed by atoms with Crippen molar-refractivity contribution in [2.24, 2.45) is 0 Å². The van der Waals surface area contributed by atoms with E-state index in [1.54, 1.807) is 18.6 Å². The highest BCUT2D eigenvalue weighted by atomic mass is 16.2. The molecule has 0 unspecified atom stereocenters. The van der Waals surface area contributed by atoms with E-state index < -0.39 is 6.04 Å². The van der Waals surface area contributed by atoms with Gasteiger partial charge < -0.3 is 15.2 Å². The van der Waals surface area contributed by atoms with Crippen molar-refractivity contribution >= 4 is 11.7 Å². The van der Waals surface area contributed by atoms with E-state index in [9.17, 15) is 4.79 Å². The molecule has 2 atom stereocenters.